The second kappa shape index (κ2) is 5.07. The first-order chi connectivity index (χ1) is 7.74. The number of aromatic nitrogens is 1. The minimum Gasteiger partial charge on any atom is -0.313 e. The molecule has 1 saturated carbocycles. The summed E-state index contributed by atoms with van der Waals surface area (Å²) in [7, 11) is 0. The van der Waals surface area contributed by atoms with Crippen LogP contribution >= 0.6 is 0 Å². The van der Waals surface area contributed by atoms with Gasteiger partial charge in [0, 0.05) is 25.2 Å². The minimum absolute atomic E-state index is 0.0181. The molecule has 0 aromatic carbocycles. The molecular weight excluding hydrogens is 202 g/mol. The molecule has 1 amide bonds. The zero-order chi connectivity index (χ0) is 11.4. The molecule has 0 saturated heterocycles. The summed E-state index contributed by atoms with van der Waals surface area (Å²) in [6, 6.07) is 4.41. The predicted octanol–water partition coefficient (Wildman–Crippen LogP) is 1.47. The van der Waals surface area contributed by atoms with Crippen LogP contribution in [0.2, 0.25) is 0 Å². The molecule has 0 atom stereocenters. The minimum atomic E-state index is 0.0181. The quantitative estimate of drug-likeness (QED) is 0.788. The number of aryl methyl sites for hydroxylation is 1. The van der Waals surface area contributed by atoms with Gasteiger partial charge in [-0.3, -0.25) is 4.79 Å². The molecule has 16 heavy (non-hydrogen) atoms. The molecule has 1 aromatic rings. The first-order valence-corrected chi connectivity index (χ1v) is 5.70. The van der Waals surface area contributed by atoms with E-state index in [-0.39, 0.29) is 5.91 Å². The molecule has 1 aliphatic rings. The summed E-state index contributed by atoms with van der Waals surface area (Å²) in [5, 5.41) is 6.07. The van der Waals surface area contributed by atoms with Crippen molar-refractivity contribution < 1.29 is 4.79 Å². The van der Waals surface area contributed by atoms with Crippen LogP contribution in [0.25, 0.3) is 0 Å². The fraction of sp³-hybridized carbons (Fsp3) is 0.500. The SMILES string of the molecule is Cc1ccc(NC(=O)CCNC2CC2)nc1. The summed E-state index contributed by atoms with van der Waals surface area (Å²) in [4.78, 5) is 15.6. The number of carbonyl (C=O) groups is 1. The van der Waals surface area contributed by atoms with Crippen LogP contribution in [-0.4, -0.2) is 23.5 Å². The third kappa shape index (κ3) is 3.62. The third-order valence-corrected chi connectivity index (χ3v) is 2.54. The second-order valence-corrected chi connectivity index (χ2v) is 4.25. The summed E-state index contributed by atoms with van der Waals surface area (Å²) in [5.41, 5.74) is 1.09. The highest BCUT2D eigenvalue weighted by Gasteiger charge is 2.20. The highest BCUT2D eigenvalue weighted by atomic mass is 16.1. The zero-order valence-corrected chi connectivity index (χ0v) is 9.49. The van der Waals surface area contributed by atoms with Crippen LogP contribution < -0.4 is 10.6 Å². The Balaban J connectivity index is 1.70. The Morgan fingerprint density at radius 1 is 1.50 bits per heavy atom. The number of amides is 1. The normalized spacial score (nSPS) is 14.8. The van der Waals surface area contributed by atoms with Crippen LogP contribution in [-0.2, 0) is 4.79 Å². The van der Waals surface area contributed by atoms with Crippen molar-refractivity contribution in [3.63, 3.8) is 0 Å². The number of pyridine rings is 1. The Morgan fingerprint density at radius 2 is 2.31 bits per heavy atom. The molecule has 0 bridgehead atoms. The predicted molar refractivity (Wildman–Crippen MR) is 63.2 cm³/mol. The number of anilines is 1. The number of nitrogens with one attached hydrogen (secondary N) is 2. The van der Waals surface area contributed by atoms with Crippen LogP contribution in [0.1, 0.15) is 24.8 Å². The van der Waals surface area contributed by atoms with Gasteiger partial charge in [0.05, 0.1) is 0 Å². The summed E-state index contributed by atoms with van der Waals surface area (Å²) >= 11 is 0. The smallest absolute Gasteiger partial charge is 0.226 e. The van der Waals surface area contributed by atoms with Crippen molar-refractivity contribution in [2.45, 2.75) is 32.2 Å². The van der Waals surface area contributed by atoms with Crippen molar-refractivity contribution in [1.82, 2.24) is 10.3 Å². The van der Waals surface area contributed by atoms with Crippen LogP contribution in [0.5, 0.6) is 0 Å². The van der Waals surface area contributed by atoms with Crippen molar-refractivity contribution in [2.75, 3.05) is 11.9 Å². The van der Waals surface area contributed by atoms with Crippen molar-refractivity contribution in [1.29, 1.82) is 0 Å². The number of nitrogens with zero attached hydrogens (tertiary/aromatic N) is 1. The van der Waals surface area contributed by atoms with E-state index in [4.69, 9.17) is 0 Å². The molecule has 1 aliphatic carbocycles. The Bertz CT molecular complexity index is 357. The summed E-state index contributed by atoms with van der Waals surface area (Å²) < 4.78 is 0. The third-order valence-electron chi connectivity index (χ3n) is 2.54. The molecule has 1 aromatic heterocycles. The highest BCUT2D eigenvalue weighted by molar-refractivity contribution is 5.89. The lowest BCUT2D eigenvalue weighted by Crippen LogP contribution is -2.23. The van der Waals surface area contributed by atoms with Crippen LogP contribution in [0, 0.1) is 6.92 Å². The van der Waals surface area contributed by atoms with Crippen molar-refractivity contribution in [3.8, 4) is 0 Å². The maximum atomic E-state index is 11.5. The van der Waals surface area contributed by atoms with Crippen molar-refractivity contribution in [3.05, 3.63) is 23.9 Å². The van der Waals surface area contributed by atoms with E-state index in [0.29, 0.717) is 18.3 Å². The molecule has 4 nitrogen and oxygen atoms in total. The molecule has 0 spiro atoms. The molecular formula is C12H17N3O. The van der Waals surface area contributed by atoms with Crippen molar-refractivity contribution >= 4 is 11.7 Å². The van der Waals surface area contributed by atoms with Crippen LogP contribution in [0.4, 0.5) is 5.82 Å². The fourth-order valence-electron chi connectivity index (χ4n) is 1.42. The fourth-order valence-corrected chi connectivity index (χ4v) is 1.42. The lowest BCUT2D eigenvalue weighted by Gasteiger charge is -2.05. The lowest BCUT2D eigenvalue weighted by atomic mass is 10.3. The van der Waals surface area contributed by atoms with E-state index in [2.05, 4.69) is 15.6 Å². The molecule has 86 valence electrons. The zero-order valence-electron chi connectivity index (χ0n) is 9.49. The van der Waals surface area contributed by atoms with Gasteiger partial charge in [0.25, 0.3) is 0 Å². The van der Waals surface area contributed by atoms with Crippen molar-refractivity contribution in [2.24, 2.45) is 0 Å². The Kier molecular flexibility index (Phi) is 3.51. The Labute approximate surface area is 95.5 Å². The number of carbonyl (C=O) groups excluding carboxylic acids is 1. The second-order valence-electron chi connectivity index (χ2n) is 4.25. The molecule has 1 fully saturated rings. The molecule has 1 heterocycles. The summed E-state index contributed by atoms with van der Waals surface area (Å²) in [6.45, 7) is 2.72. The van der Waals surface area contributed by atoms with Crippen LogP contribution in [0.3, 0.4) is 0 Å². The maximum Gasteiger partial charge on any atom is 0.226 e. The van der Waals surface area contributed by atoms with Gasteiger partial charge in [0.15, 0.2) is 0 Å². The van der Waals surface area contributed by atoms with E-state index in [9.17, 15) is 4.79 Å². The van der Waals surface area contributed by atoms with E-state index in [1.54, 1.807) is 6.20 Å². The average Bonchev–Trinajstić information content (AvgIpc) is 3.05. The molecule has 0 radical (unpaired) electrons. The van der Waals surface area contributed by atoms with Gasteiger partial charge in [-0.25, -0.2) is 4.98 Å². The van der Waals surface area contributed by atoms with E-state index < -0.39 is 0 Å². The molecule has 4 heteroatoms. The first kappa shape index (κ1) is 11.1. The van der Waals surface area contributed by atoms with Gasteiger partial charge in [0.1, 0.15) is 5.82 Å². The standard InChI is InChI=1S/C12H17N3O/c1-9-2-5-11(14-8-9)15-12(16)6-7-13-10-3-4-10/h2,5,8,10,13H,3-4,6-7H2,1H3,(H,14,15,16). The monoisotopic (exact) mass is 219 g/mol. The summed E-state index contributed by atoms with van der Waals surface area (Å²) in [5.74, 6) is 0.645. The largest absolute Gasteiger partial charge is 0.313 e. The molecule has 0 aliphatic heterocycles. The summed E-state index contributed by atoms with van der Waals surface area (Å²) in [6.07, 6.45) is 4.76. The van der Waals surface area contributed by atoms with E-state index in [1.807, 2.05) is 19.1 Å². The van der Waals surface area contributed by atoms with Gasteiger partial charge in [-0.1, -0.05) is 6.07 Å². The van der Waals surface area contributed by atoms with E-state index in [0.717, 1.165) is 12.1 Å². The Hall–Kier alpha value is -1.42. The number of hydrogen-bond donors (Lipinski definition) is 2. The van der Waals surface area contributed by atoms with Crippen LogP contribution in [0.15, 0.2) is 18.3 Å². The van der Waals surface area contributed by atoms with E-state index in [1.165, 1.54) is 12.8 Å². The topological polar surface area (TPSA) is 54.0 Å². The molecule has 0 unspecified atom stereocenters. The Morgan fingerprint density at radius 3 is 2.94 bits per heavy atom. The maximum absolute atomic E-state index is 11.5. The van der Waals surface area contributed by atoms with Gasteiger partial charge in [-0.2, -0.15) is 0 Å². The van der Waals surface area contributed by atoms with Gasteiger partial charge in [-0.05, 0) is 31.4 Å². The van der Waals surface area contributed by atoms with Gasteiger partial charge in [0.2, 0.25) is 5.91 Å². The first-order valence-electron chi connectivity index (χ1n) is 5.70. The number of rotatable bonds is 5. The number of hydrogen-bond acceptors (Lipinski definition) is 3. The average molecular weight is 219 g/mol. The lowest BCUT2D eigenvalue weighted by molar-refractivity contribution is -0.116. The van der Waals surface area contributed by atoms with Gasteiger partial charge in [-0.15, -0.1) is 0 Å². The van der Waals surface area contributed by atoms with Gasteiger partial charge >= 0.3 is 0 Å². The highest BCUT2D eigenvalue weighted by Crippen LogP contribution is 2.18. The molecule has 2 N–H and O–H groups in total. The van der Waals surface area contributed by atoms with E-state index >= 15 is 0 Å². The molecule has 2 rings (SSSR count). The van der Waals surface area contributed by atoms with Gasteiger partial charge < -0.3 is 10.6 Å².